The molecule has 34 heavy (non-hydrogen) atoms. The molecule has 0 bridgehead atoms. The lowest BCUT2D eigenvalue weighted by Gasteiger charge is -2.40. The molecular formula is C25H28N4O4S. The number of nitrogens with one attached hydrogen (secondary N) is 1. The monoisotopic (exact) mass is 480 g/mol. The third-order valence-corrected chi connectivity index (χ3v) is 7.80. The van der Waals surface area contributed by atoms with Crippen LogP contribution in [0.5, 0.6) is 5.75 Å². The zero-order valence-corrected chi connectivity index (χ0v) is 19.6. The summed E-state index contributed by atoms with van der Waals surface area (Å²) in [5.41, 5.74) is 3.81. The van der Waals surface area contributed by atoms with Crippen molar-refractivity contribution in [3.63, 3.8) is 0 Å². The molecule has 1 saturated heterocycles. The molecular weight excluding hydrogens is 452 g/mol. The number of carbonyl (C=O) groups is 2. The number of hydroxylamine groups is 1. The van der Waals surface area contributed by atoms with E-state index in [0.717, 1.165) is 34.7 Å². The first-order valence-corrected chi connectivity index (χ1v) is 12.5. The maximum absolute atomic E-state index is 13.4. The second-order valence-electron chi connectivity index (χ2n) is 8.83. The van der Waals surface area contributed by atoms with Crippen LogP contribution in [0.25, 0.3) is 10.2 Å². The predicted molar refractivity (Wildman–Crippen MR) is 130 cm³/mol. The number of hydrogen-bond donors (Lipinski definition) is 2. The number of piperazine rings is 1. The van der Waals surface area contributed by atoms with E-state index in [2.05, 4.69) is 22.0 Å². The Hall–Kier alpha value is -3.17. The van der Waals surface area contributed by atoms with Crippen LogP contribution >= 0.6 is 11.3 Å². The third-order valence-electron chi connectivity index (χ3n) is 6.88. The molecule has 3 atom stereocenters. The van der Waals surface area contributed by atoms with Gasteiger partial charge in [-0.2, -0.15) is 0 Å². The summed E-state index contributed by atoms with van der Waals surface area (Å²) in [6, 6.07) is 14.0. The van der Waals surface area contributed by atoms with Gasteiger partial charge >= 0.3 is 0 Å². The molecule has 3 heterocycles. The molecule has 0 spiro atoms. The number of anilines is 1. The van der Waals surface area contributed by atoms with Gasteiger partial charge in [0.05, 0.1) is 28.2 Å². The van der Waals surface area contributed by atoms with Gasteiger partial charge in [-0.1, -0.05) is 18.2 Å². The lowest BCUT2D eigenvalue weighted by Crippen LogP contribution is -2.53. The van der Waals surface area contributed by atoms with Crippen LogP contribution in [0.15, 0.2) is 54.0 Å². The molecule has 1 aromatic carbocycles. The summed E-state index contributed by atoms with van der Waals surface area (Å²) in [6.07, 6.45) is 3.09. The predicted octanol–water partition coefficient (Wildman–Crippen LogP) is 3.31. The van der Waals surface area contributed by atoms with E-state index in [9.17, 15) is 14.8 Å². The quantitative estimate of drug-likeness (QED) is 0.430. The van der Waals surface area contributed by atoms with Gasteiger partial charge in [-0.05, 0) is 48.9 Å². The molecule has 1 aliphatic heterocycles. The van der Waals surface area contributed by atoms with Gasteiger partial charge in [-0.3, -0.25) is 19.8 Å². The van der Waals surface area contributed by atoms with E-state index in [1.165, 1.54) is 0 Å². The van der Waals surface area contributed by atoms with Crippen molar-refractivity contribution in [1.82, 2.24) is 15.4 Å². The van der Waals surface area contributed by atoms with Gasteiger partial charge in [0, 0.05) is 38.1 Å². The Bertz CT molecular complexity index is 1150. The summed E-state index contributed by atoms with van der Waals surface area (Å²) in [5, 5.41) is 11.3. The fourth-order valence-corrected chi connectivity index (χ4v) is 5.89. The molecule has 2 aliphatic rings. The average molecular weight is 481 g/mol. The lowest BCUT2D eigenvalue weighted by atomic mass is 9.76. The summed E-state index contributed by atoms with van der Waals surface area (Å²) in [5.74, 6) is -0.886. The summed E-state index contributed by atoms with van der Waals surface area (Å²) >= 11 is 1.57. The number of fused-ring (bicyclic) bond motifs is 1. The number of amides is 2. The van der Waals surface area contributed by atoms with E-state index in [1.807, 2.05) is 40.6 Å². The molecule has 0 radical (unpaired) electrons. The third kappa shape index (κ3) is 4.58. The number of thiophene rings is 1. The van der Waals surface area contributed by atoms with E-state index in [1.54, 1.807) is 23.0 Å². The van der Waals surface area contributed by atoms with Gasteiger partial charge in [-0.15, -0.1) is 11.3 Å². The van der Waals surface area contributed by atoms with Crippen LogP contribution < -0.4 is 15.1 Å². The second-order valence-corrected chi connectivity index (χ2v) is 9.75. The Morgan fingerprint density at radius 2 is 1.82 bits per heavy atom. The van der Waals surface area contributed by atoms with E-state index >= 15 is 0 Å². The molecule has 1 aliphatic carbocycles. The molecule has 1 saturated carbocycles. The highest BCUT2D eigenvalue weighted by atomic mass is 32.1. The van der Waals surface area contributed by atoms with Crippen LogP contribution in [0, 0.1) is 11.8 Å². The zero-order valence-electron chi connectivity index (χ0n) is 18.8. The van der Waals surface area contributed by atoms with Gasteiger partial charge in [0.2, 0.25) is 11.8 Å². The SMILES string of the molecule is O=C(NO)C1CC(Oc2ccnc3ccsc23)CCC1C(=O)N1CCN(c2ccccc2)CC1. The molecule has 2 fully saturated rings. The van der Waals surface area contributed by atoms with Crippen molar-refractivity contribution < 1.29 is 19.5 Å². The average Bonchev–Trinajstić information content (AvgIpc) is 3.38. The van der Waals surface area contributed by atoms with Crippen LogP contribution in [0.4, 0.5) is 5.69 Å². The topological polar surface area (TPSA) is 95.0 Å². The number of pyridine rings is 1. The minimum atomic E-state index is -0.635. The molecule has 3 aromatic rings. The number of ether oxygens (including phenoxy) is 1. The van der Waals surface area contributed by atoms with E-state index in [0.29, 0.717) is 32.4 Å². The van der Waals surface area contributed by atoms with Crippen LogP contribution in [-0.4, -0.2) is 59.2 Å². The number of hydrogen-bond acceptors (Lipinski definition) is 7. The summed E-state index contributed by atoms with van der Waals surface area (Å²) < 4.78 is 7.24. The highest BCUT2D eigenvalue weighted by Crippen LogP contribution is 2.37. The lowest BCUT2D eigenvalue weighted by molar-refractivity contribution is -0.148. The zero-order chi connectivity index (χ0) is 23.5. The Morgan fingerprint density at radius 3 is 2.59 bits per heavy atom. The van der Waals surface area contributed by atoms with Crippen LogP contribution in [0.1, 0.15) is 19.3 Å². The molecule has 9 heteroatoms. The molecule has 178 valence electrons. The summed E-state index contributed by atoms with van der Waals surface area (Å²) in [6.45, 7) is 2.74. The van der Waals surface area contributed by atoms with E-state index in [-0.39, 0.29) is 12.0 Å². The van der Waals surface area contributed by atoms with Gasteiger partial charge < -0.3 is 14.5 Å². The highest BCUT2D eigenvalue weighted by molar-refractivity contribution is 7.17. The van der Waals surface area contributed by atoms with E-state index in [4.69, 9.17) is 4.74 Å². The fourth-order valence-electron chi connectivity index (χ4n) is 5.09. The van der Waals surface area contributed by atoms with Crippen molar-refractivity contribution in [2.45, 2.75) is 25.4 Å². The Balaban J connectivity index is 1.24. The standard InChI is InChI=1S/C25H28N4O4S/c30-24(27-32)20-16-18(33-22-8-10-26-21-9-15-34-23(21)22)6-7-19(20)25(31)29-13-11-28(12-14-29)17-4-2-1-3-5-17/h1-5,8-10,15,18-20,32H,6-7,11-14,16H2,(H,27,30). The van der Waals surface area contributed by atoms with Crippen LogP contribution in [0.3, 0.4) is 0 Å². The molecule has 2 aromatic heterocycles. The summed E-state index contributed by atoms with van der Waals surface area (Å²) in [7, 11) is 0. The minimum Gasteiger partial charge on any atom is -0.489 e. The summed E-state index contributed by atoms with van der Waals surface area (Å²) in [4.78, 5) is 34.5. The number of rotatable bonds is 5. The maximum Gasteiger partial charge on any atom is 0.247 e. The second kappa shape index (κ2) is 9.99. The largest absolute Gasteiger partial charge is 0.489 e. The minimum absolute atomic E-state index is 0.00989. The Labute approximate surface area is 202 Å². The molecule has 5 rings (SSSR count). The van der Waals surface area contributed by atoms with Crippen molar-refractivity contribution >= 4 is 39.1 Å². The van der Waals surface area contributed by atoms with Gasteiger partial charge in [0.15, 0.2) is 0 Å². The van der Waals surface area contributed by atoms with Gasteiger partial charge in [-0.25, -0.2) is 5.48 Å². The Morgan fingerprint density at radius 1 is 1.03 bits per heavy atom. The van der Waals surface area contributed by atoms with Crippen molar-refractivity contribution in [3.05, 3.63) is 54.0 Å². The normalized spacial score (nSPS) is 23.0. The fraction of sp³-hybridized carbons (Fsp3) is 0.400. The molecule has 2 N–H and O–H groups in total. The number of benzene rings is 1. The van der Waals surface area contributed by atoms with Crippen LogP contribution in [0.2, 0.25) is 0 Å². The molecule has 3 unspecified atom stereocenters. The number of carbonyl (C=O) groups excluding carboxylic acids is 2. The molecule has 2 amide bonds. The molecule has 8 nitrogen and oxygen atoms in total. The van der Waals surface area contributed by atoms with E-state index < -0.39 is 17.7 Å². The van der Waals surface area contributed by atoms with Gasteiger partial charge in [0.1, 0.15) is 5.75 Å². The van der Waals surface area contributed by atoms with Crippen molar-refractivity contribution in [2.75, 3.05) is 31.1 Å². The van der Waals surface area contributed by atoms with Crippen molar-refractivity contribution in [2.24, 2.45) is 11.8 Å². The van der Waals surface area contributed by atoms with Crippen molar-refractivity contribution in [3.8, 4) is 5.75 Å². The number of nitrogens with zero attached hydrogens (tertiary/aromatic N) is 3. The van der Waals surface area contributed by atoms with Gasteiger partial charge in [0.25, 0.3) is 0 Å². The van der Waals surface area contributed by atoms with Crippen molar-refractivity contribution in [1.29, 1.82) is 0 Å². The van der Waals surface area contributed by atoms with Crippen LogP contribution in [-0.2, 0) is 9.59 Å². The smallest absolute Gasteiger partial charge is 0.247 e. The number of aromatic nitrogens is 1. The first-order chi connectivity index (χ1) is 16.6. The highest BCUT2D eigenvalue weighted by Gasteiger charge is 2.42. The maximum atomic E-state index is 13.4. The first-order valence-electron chi connectivity index (χ1n) is 11.7. The Kier molecular flexibility index (Phi) is 6.64. The first kappa shape index (κ1) is 22.6. The number of para-hydroxylation sites is 1.